The zero-order valence-electron chi connectivity index (χ0n) is 20.9. The Balaban J connectivity index is 1.63. The van der Waals surface area contributed by atoms with Crippen molar-refractivity contribution in [3.8, 4) is 29.0 Å². The number of esters is 2. The number of nitrogens with zero attached hydrogens (tertiary/aromatic N) is 4. The number of hydrogen-bond donors (Lipinski definition) is 2. The topological polar surface area (TPSA) is 160 Å². The standard InChI is InChI=1S/C28H22N6O5/c1-37-27(35)22-21(16-7-4-3-5-8-16)19(15-29)24(30)34(23(22)28(36)38-2)18-12-10-17(11-13-18)25-31-26(33-32-25)20-9-6-14-39-20/h3-14,21H,30H2,1-2H3,(H,31,32,33). The average Bonchev–Trinajstić information content (AvgIpc) is 3.69. The first-order chi connectivity index (χ1) is 19.0. The fraction of sp³-hybridized carbons (Fsp3) is 0.107. The minimum absolute atomic E-state index is 0.0230. The summed E-state index contributed by atoms with van der Waals surface area (Å²) in [4.78, 5) is 32.1. The van der Waals surface area contributed by atoms with E-state index >= 15 is 0 Å². The molecule has 0 amide bonds. The highest BCUT2D eigenvalue weighted by Crippen LogP contribution is 2.43. The Hall–Kier alpha value is -5.63. The maximum absolute atomic E-state index is 13.2. The van der Waals surface area contributed by atoms with E-state index in [1.807, 2.05) is 0 Å². The number of benzene rings is 2. The molecular formula is C28H22N6O5. The van der Waals surface area contributed by atoms with Crippen molar-refractivity contribution in [2.24, 2.45) is 5.73 Å². The van der Waals surface area contributed by atoms with Crippen LogP contribution in [0.4, 0.5) is 5.69 Å². The van der Waals surface area contributed by atoms with Crippen LogP contribution >= 0.6 is 0 Å². The second kappa shape index (κ2) is 10.4. The van der Waals surface area contributed by atoms with Crippen LogP contribution in [-0.2, 0) is 19.1 Å². The van der Waals surface area contributed by atoms with E-state index < -0.39 is 17.9 Å². The molecule has 5 rings (SSSR count). The van der Waals surface area contributed by atoms with Crippen LogP contribution in [0.3, 0.4) is 0 Å². The number of H-pyrrole nitrogens is 1. The second-order valence-corrected chi connectivity index (χ2v) is 8.37. The lowest BCUT2D eigenvalue weighted by Crippen LogP contribution is -2.40. The summed E-state index contributed by atoms with van der Waals surface area (Å²) >= 11 is 0. The van der Waals surface area contributed by atoms with Gasteiger partial charge in [0.25, 0.3) is 0 Å². The highest BCUT2D eigenvalue weighted by molar-refractivity contribution is 6.06. The molecule has 2 aromatic heterocycles. The molecule has 4 aromatic rings. The molecule has 1 unspecified atom stereocenters. The third-order valence-corrected chi connectivity index (χ3v) is 6.23. The quantitative estimate of drug-likeness (QED) is 0.358. The van der Waals surface area contributed by atoms with Gasteiger partial charge in [0.05, 0.1) is 43.6 Å². The Morgan fingerprint density at radius 1 is 1.03 bits per heavy atom. The Kier molecular flexibility index (Phi) is 6.67. The summed E-state index contributed by atoms with van der Waals surface area (Å²) in [5.74, 6) is -1.17. The number of carbonyl (C=O) groups is 2. The number of methoxy groups -OCH3 is 2. The first kappa shape index (κ1) is 25.0. The maximum atomic E-state index is 13.2. The Labute approximate surface area is 222 Å². The van der Waals surface area contributed by atoms with Gasteiger partial charge in [-0.15, -0.1) is 0 Å². The van der Waals surface area contributed by atoms with Gasteiger partial charge < -0.3 is 19.6 Å². The summed E-state index contributed by atoms with van der Waals surface area (Å²) in [5, 5.41) is 17.2. The van der Waals surface area contributed by atoms with Crippen LogP contribution in [0, 0.1) is 11.3 Å². The number of aromatic amines is 1. The predicted molar refractivity (Wildman–Crippen MR) is 139 cm³/mol. The lowest BCUT2D eigenvalue weighted by atomic mass is 9.81. The van der Waals surface area contributed by atoms with Gasteiger partial charge in [0, 0.05) is 11.3 Å². The van der Waals surface area contributed by atoms with Crippen LogP contribution in [-0.4, -0.2) is 41.3 Å². The Morgan fingerprint density at radius 2 is 1.74 bits per heavy atom. The van der Waals surface area contributed by atoms with E-state index in [9.17, 15) is 14.9 Å². The molecule has 2 aromatic carbocycles. The van der Waals surface area contributed by atoms with E-state index in [-0.39, 0.29) is 22.7 Å². The Bertz CT molecular complexity index is 1630. The normalized spacial score (nSPS) is 15.2. The summed E-state index contributed by atoms with van der Waals surface area (Å²) in [6.45, 7) is 0. The smallest absolute Gasteiger partial charge is 0.355 e. The van der Waals surface area contributed by atoms with Gasteiger partial charge in [-0.3, -0.25) is 10.00 Å². The molecule has 39 heavy (non-hydrogen) atoms. The summed E-state index contributed by atoms with van der Waals surface area (Å²) in [5.41, 5.74) is 8.05. The zero-order valence-corrected chi connectivity index (χ0v) is 20.9. The van der Waals surface area contributed by atoms with Crippen LogP contribution in [0.2, 0.25) is 0 Å². The predicted octanol–water partition coefficient (Wildman–Crippen LogP) is 3.63. The van der Waals surface area contributed by atoms with E-state index in [2.05, 4.69) is 21.3 Å². The van der Waals surface area contributed by atoms with Crippen molar-refractivity contribution >= 4 is 17.6 Å². The number of aromatic nitrogens is 3. The number of nitriles is 1. The highest BCUT2D eigenvalue weighted by atomic mass is 16.5. The minimum Gasteiger partial charge on any atom is -0.466 e. The van der Waals surface area contributed by atoms with E-state index in [1.54, 1.807) is 66.7 Å². The molecule has 0 bridgehead atoms. The van der Waals surface area contributed by atoms with Crippen molar-refractivity contribution in [3.05, 3.63) is 101 Å². The number of nitrogens with one attached hydrogen (secondary N) is 1. The number of furan rings is 1. The van der Waals surface area contributed by atoms with Crippen molar-refractivity contribution in [1.82, 2.24) is 15.2 Å². The minimum atomic E-state index is -0.943. The van der Waals surface area contributed by atoms with Crippen LogP contribution in [0.25, 0.3) is 23.0 Å². The molecular weight excluding hydrogens is 500 g/mol. The molecule has 3 heterocycles. The Morgan fingerprint density at radius 3 is 2.36 bits per heavy atom. The van der Waals surface area contributed by atoms with Gasteiger partial charge in [-0.25, -0.2) is 14.6 Å². The third-order valence-electron chi connectivity index (χ3n) is 6.23. The van der Waals surface area contributed by atoms with Crippen LogP contribution in [0.15, 0.2) is 100 Å². The van der Waals surface area contributed by atoms with E-state index in [0.717, 1.165) is 0 Å². The molecule has 1 atom stereocenters. The SMILES string of the molecule is COC(=O)C1=C(C(=O)OC)N(c2ccc(-c3n[nH]c(-c4ccco4)n3)cc2)C(N)=C(C#N)C1c1ccccc1. The van der Waals surface area contributed by atoms with E-state index in [4.69, 9.17) is 19.6 Å². The number of ether oxygens (including phenoxy) is 2. The molecule has 194 valence electrons. The number of nitrogens with two attached hydrogens (primary N) is 1. The molecule has 0 spiro atoms. The largest absolute Gasteiger partial charge is 0.466 e. The van der Waals surface area contributed by atoms with Gasteiger partial charge in [-0.2, -0.15) is 10.4 Å². The number of allylic oxidation sites excluding steroid dienone is 1. The van der Waals surface area contributed by atoms with Crippen molar-refractivity contribution in [2.75, 3.05) is 19.1 Å². The molecule has 3 N–H and O–H groups in total. The van der Waals surface area contributed by atoms with Gasteiger partial charge in [-0.1, -0.05) is 30.3 Å². The van der Waals surface area contributed by atoms with Crippen molar-refractivity contribution in [3.63, 3.8) is 0 Å². The first-order valence-electron chi connectivity index (χ1n) is 11.7. The van der Waals surface area contributed by atoms with Gasteiger partial charge >= 0.3 is 11.9 Å². The molecule has 0 radical (unpaired) electrons. The van der Waals surface area contributed by atoms with E-state index in [1.165, 1.54) is 25.4 Å². The zero-order chi connectivity index (χ0) is 27.5. The summed E-state index contributed by atoms with van der Waals surface area (Å²) in [6, 6.07) is 21.2. The van der Waals surface area contributed by atoms with Gasteiger partial charge in [0.2, 0.25) is 0 Å². The van der Waals surface area contributed by atoms with Crippen LogP contribution in [0.5, 0.6) is 0 Å². The third kappa shape index (κ3) is 4.40. The lowest BCUT2D eigenvalue weighted by Gasteiger charge is -2.35. The molecule has 0 fully saturated rings. The number of hydrogen-bond acceptors (Lipinski definition) is 10. The monoisotopic (exact) mass is 522 g/mol. The summed E-state index contributed by atoms with van der Waals surface area (Å²) < 4.78 is 15.5. The summed E-state index contributed by atoms with van der Waals surface area (Å²) in [7, 11) is 2.40. The van der Waals surface area contributed by atoms with Crippen LogP contribution in [0.1, 0.15) is 11.5 Å². The molecule has 0 aliphatic carbocycles. The summed E-state index contributed by atoms with van der Waals surface area (Å²) in [6.07, 6.45) is 1.54. The van der Waals surface area contributed by atoms with Crippen molar-refractivity contribution in [1.29, 1.82) is 5.26 Å². The highest BCUT2D eigenvalue weighted by Gasteiger charge is 2.43. The second-order valence-electron chi connectivity index (χ2n) is 8.37. The molecule has 1 aliphatic rings. The fourth-order valence-electron chi connectivity index (χ4n) is 4.46. The maximum Gasteiger partial charge on any atom is 0.355 e. The fourth-order valence-corrected chi connectivity index (χ4v) is 4.46. The average molecular weight is 523 g/mol. The molecule has 0 saturated heterocycles. The van der Waals surface area contributed by atoms with E-state index in [0.29, 0.717) is 34.2 Å². The molecule has 11 heteroatoms. The van der Waals surface area contributed by atoms with Gasteiger partial charge in [-0.05, 0) is 42.0 Å². The van der Waals surface area contributed by atoms with Gasteiger partial charge in [0.15, 0.2) is 17.4 Å². The van der Waals surface area contributed by atoms with Crippen molar-refractivity contribution < 1.29 is 23.5 Å². The number of carbonyl (C=O) groups excluding carboxylic acids is 2. The lowest BCUT2D eigenvalue weighted by molar-refractivity contribution is -0.139. The number of anilines is 1. The molecule has 1 aliphatic heterocycles. The number of rotatable bonds is 6. The molecule has 0 saturated carbocycles. The van der Waals surface area contributed by atoms with Gasteiger partial charge in [0.1, 0.15) is 11.5 Å². The van der Waals surface area contributed by atoms with Crippen molar-refractivity contribution in [2.45, 2.75) is 5.92 Å². The van der Waals surface area contributed by atoms with Crippen LogP contribution < -0.4 is 10.6 Å². The molecule has 11 nitrogen and oxygen atoms in total. The first-order valence-corrected chi connectivity index (χ1v) is 11.7.